The van der Waals surface area contributed by atoms with E-state index in [1.807, 2.05) is 0 Å². The molecule has 0 spiro atoms. The summed E-state index contributed by atoms with van der Waals surface area (Å²) in [5.41, 5.74) is 0.620. The molecule has 5 nitrogen and oxygen atoms in total. The summed E-state index contributed by atoms with van der Waals surface area (Å²) in [6.45, 7) is -0.623. The highest BCUT2D eigenvalue weighted by molar-refractivity contribution is 8.06. The van der Waals surface area contributed by atoms with Crippen LogP contribution in [0.15, 0.2) is 23.1 Å². The number of aliphatic hydroxyl groups is 1. The van der Waals surface area contributed by atoms with Crippen LogP contribution in [0, 0.1) is 0 Å². The van der Waals surface area contributed by atoms with Gasteiger partial charge in [-0.3, -0.25) is 4.79 Å². The molecule has 0 unspecified atom stereocenters. The second kappa shape index (κ2) is 3.32. The van der Waals surface area contributed by atoms with Crippen molar-refractivity contribution in [1.29, 1.82) is 0 Å². The molecule has 0 aliphatic carbocycles. The first kappa shape index (κ1) is 10.1. The molecule has 6 heteroatoms. The van der Waals surface area contributed by atoms with Gasteiger partial charge in [0.25, 0.3) is 5.12 Å². The Hall–Kier alpha value is -1.40. The molecular formula is C9H9NO4S. The van der Waals surface area contributed by atoms with Crippen LogP contribution in [0.2, 0.25) is 0 Å². The molecule has 0 saturated carbocycles. The molecule has 0 atom stereocenters. The molecule has 0 aromatic heterocycles. The maximum atomic E-state index is 11.7. The molecule has 1 aromatic rings. The van der Waals surface area contributed by atoms with E-state index in [1.54, 1.807) is 12.1 Å². The molecule has 2 N–H and O–H groups in total. The van der Waals surface area contributed by atoms with Gasteiger partial charge in [0.2, 0.25) is 9.84 Å². The maximum Gasteiger partial charge on any atom is 0.270 e. The van der Waals surface area contributed by atoms with Crippen LogP contribution in [0.4, 0.5) is 5.69 Å². The number of nitrogens with one attached hydrogen (secondary N) is 1. The number of rotatable bonds is 1. The van der Waals surface area contributed by atoms with Crippen LogP contribution in [0.5, 0.6) is 0 Å². The number of carbonyl (C=O) groups is 1. The zero-order valence-electron chi connectivity index (χ0n) is 7.73. The summed E-state index contributed by atoms with van der Waals surface area (Å²) >= 11 is 0. The number of sulfone groups is 1. The first-order valence-electron chi connectivity index (χ1n) is 4.32. The maximum absolute atomic E-state index is 11.7. The van der Waals surface area contributed by atoms with Crippen molar-refractivity contribution < 1.29 is 18.3 Å². The molecule has 0 bridgehead atoms. The highest BCUT2D eigenvalue weighted by Crippen LogP contribution is 2.30. The monoisotopic (exact) mass is 227 g/mol. The zero-order chi connectivity index (χ0) is 11.1. The lowest BCUT2D eigenvalue weighted by molar-refractivity contribution is -0.110. The topological polar surface area (TPSA) is 83.5 Å². The summed E-state index contributed by atoms with van der Waals surface area (Å²) in [6.07, 6.45) is 0. The van der Waals surface area contributed by atoms with Gasteiger partial charge < -0.3 is 10.4 Å². The number of hydrogen-bond acceptors (Lipinski definition) is 5. The number of carbonyl (C=O) groups excluding carboxylic acids is 1. The van der Waals surface area contributed by atoms with E-state index in [2.05, 4.69) is 5.32 Å². The highest BCUT2D eigenvalue weighted by atomic mass is 32.2. The van der Waals surface area contributed by atoms with Crippen LogP contribution in [0.25, 0.3) is 0 Å². The Bertz CT molecular complexity index is 507. The quantitative estimate of drug-likeness (QED) is 0.700. The summed E-state index contributed by atoms with van der Waals surface area (Å²) in [6, 6.07) is 4.68. The van der Waals surface area contributed by atoms with E-state index < -0.39 is 21.6 Å². The van der Waals surface area contributed by atoms with Gasteiger partial charge in [0.1, 0.15) is 4.90 Å². The van der Waals surface area contributed by atoms with Crippen molar-refractivity contribution in [3.05, 3.63) is 23.8 Å². The van der Waals surface area contributed by atoms with Gasteiger partial charge >= 0.3 is 0 Å². The minimum Gasteiger partial charge on any atom is -0.392 e. The summed E-state index contributed by atoms with van der Waals surface area (Å²) in [5, 5.41) is 10.8. The third kappa shape index (κ3) is 1.42. The molecule has 15 heavy (non-hydrogen) atoms. The molecule has 1 aliphatic heterocycles. The summed E-state index contributed by atoms with van der Waals surface area (Å²) in [4.78, 5) is 11.1. The number of fused-ring (bicyclic) bond motifs is 1. The zero-order valence-corrected chi connectivity index (χ0v) is 8.54. The van der Waals surface area contributed by atoms with Crippen LogP contribution in [-0.2, 0) is 21.2 Å². The van der Waals surface area contributed by atoms with Crippen molar-refractivity contribution >= 4 is 20.6 Å². The van der Waals surface area contributed by atoms with Crippen LogP contribution < -0.4 is 5.32 Å². The largest absolute Gasteiger partial charge is 0.392 e. The minimum absolute atomic E-state index is 0.0937. The van der Waals surface area contributed by atoms with E-state index in [4.69, 9.17) is 5.11 Å². The first-order valence-corrected chi connectivity index (χ1v) is 5.80. The molecule has 80 valence electrons. The standard InChI is InChI=1S/C9H9NO4S/c11-5-6-2-1-3-7-9(6)15(13,14)8(12)4-10-7/h1-3,10-11H,4-5H2. The van der Waals surface area contributed by atoms with Crippen LogP contribution in [-0.4, -0.2) is 25.2 Å². The summed E-state index contributed by atoms with van der Waals surface area (Å²) < 4.78 is 23.4. The van der Waals surface area contributed by atoms with Gasteiger partial charge in [-0.1, -0.05) is 12.1 Å². The van der Waals surface area contributed by atoms with Crippen molar-refractivity contribution in [2.45, 2.75) is 11.5 Å². The van der Waals surface area contributed by atoms with Crippen molar-refractivity contribution in [3.63, 3.8) is 0 Å². The second-order valence-electron chi connectivity index (χ2n) is 3.18. The van der Waals surface area contributed by atoms with Crippen molar-refractivity contribution in [2.24, 2.45) is 0 Å². The van der Waals surface area contributed by atoms with E-state index >= 15 is 0 Å². The predicted octanol–water partition coefficient (Wildman–Crippen LogP) is -0.0953. The fraction of sp³-hybridized carbons (Fsp3) is 0.222. The van der Waals surface area contributed by atoms with Gasteiger partial charge in [-0.25, -0.2) is 8.42 Å². The van der Waals surface area contributed by atoms with Crippen LogP contribution >= 0.6 is 0 Å². The average Bonchev–Trinajstić information content (AvgIpc) is 2.23. The number of benzene rings is 1. The van der Waals surface area contributed by atoms with E-state index in [0.717, 1.165) is 0 Å². The molecule has 2 rings (SSSR count). The van der Waals surface area contributed by atoms with Gasteiger partial charge in [-0.15, -0.1) is 0 Å². The minimum atomic E-state index is -3.92. The fourth-order valence-corrected chi connectivity index (χ4v) is 2.94. The normalized spacial score (nSPS) is 18.1. The van der Waals surface area contributed by atoms with Crippen molar-refractivity contribution in [1.82, 2.24) is 0 Å². The molecule has 1 aromatic carbocycles. The van der Waals surface area contributed by atoms with Crippen molar-refractivity contribution in [3.8, 4) is 0 Å². The molecule has 1 aliphatic rings. The Labute approximate surface area is 86.7 Å². The molecule has 0 amide bonds. The third-order valence-electron chi connectivity index (χ3n) is 2.26. The molecule has 0 saturated heterocycles. The Kier molecular flexibility index (Phi) is 2.24. The van der Waals surface area contributed by atoms with E-state index in [0.29, 0.717) is 5.69 Å². The van der Waals surface area contributed by atoms with E-state index in [1.165, 1.54) is 6.07 Å². The van der Waals surface area contributed by atoms with Crippen molar-refractivity contribution in [2.75, 3.05) is 11.9 Å². The first-order chi connectivity index (χ1) is 7.07. The van der Waals surface area contributed by atoms with Gasteiger partial charge in [0.15, 0.2) is 0 Å². The highest BCUT2D eigenvalue weighted by Gasteiger charge is 2.33. The second-order valence-corrected chi connectivity index (χ2v) is 5.05. The van der Waals surface area contributed by atoms with Crippen LogP contribution in [0.1, 0.15) is 5.56 Å². The Morgan fingerprint density at radius 3 is 2.80 bits per heavy atom. The lowest BCUT2D eigenvalue weighted by atomic mass is 10.2. The number of aliphatic hydroxyl groups excluding tert-OH is 1. The average molecular weight is 227 g/mol. The lowest BCUT2D eigenvalue weighted by Crippen LogP contribution is -2.30. The summed E-state index contributed by atoms with van der Waals surface area (Å²) in [7, 11) is -3.92. The van der Waals surface area contributed by atoms with Gasteiger partial charge in [0, 0.05) is 0 Å². The lowest BCUT2D eigenvalue weighted by Gasteiger charge is -2.19. The van der Waals surface area contributed by atoms with Gasteiger partial charge in [-0.05, 0) is 11.6 Å². The predicted molar refractivity (Wildman–Crippen MR) is 53.0 cm³/mol. The fourth-order valence-electron chi connectivity index (χ4n) is 1.54. The Morgan fingerprint density at radius 2 is 2.13 bits per heavy atom. The number of hydrogen-bond donors (Lipinski definition) is 2. The third-order valence-corrected chi connectivity index (χ3v) is 4.02. The Balaban J connectivity index is 2.77. The van der Waals surface area contributed by atoms with Gasteiger partial charge in [-0.2, -0.15) is 0 Å². The molecule has 1 heterocycles. The molecule has 0 fully saturated rings. The van der Waals surface area contributed by atoms with Crippen LogP contribution in [0.3, 0.4) is 0 Å². The van der Waals surface area contributed by atoms with E-state index in [-0.39, 0.29) is 17.0 Å². The Morgan fingerprint density at radius 1 is 1.40 bits per heavy atom. The molecule has 0 radical (unpaired) electrons. The smallest absolute Gasteiger partial charge is 0.270 e. The van der Waals surface area contributed by atoms with E-state index in [9.17, 15) is 13.2 Å². The summed E-state index contributed by atoms with van der Waals surface area (Å²) in [5.74, 6) is 0. The van der Waals surface area contributed by atoms with Gasteiger partial charge in [0.05, 0.1) is 18.8 Å². The SMILES string of the molecule is O=C1CNc2cccc(CO)c2S1(=O)=O. The molecular weight excluding hydrogens is 218 g/mol. The number of anilines is 1.